The lowest BCUT2D eigenvalue weighted by atomic mass is 9.89. The Morgan fingerprint density at radius 1 is 1.37 bits per heavy atom. The molecule has 1 aliphatic carbocycles. The van der Waals surface area contributed by atoms with Gasteiger partial charge < -0.3 is 10.4 Å². The SMILES string of the molecule is O=C(Cc1cccc(O)c1)NCC1CCCCC1Br. The molecule has 1 aliphatic rings. The van der Waals surface area contributed by atoms with E-state index in [0.29, 0.717) is 17.2 Å². The Morgan fingerprint density at radius 3 is 2.89 bits per heavy atom. The number of hydrogen-bond donors (Lipinski definition) is 2. The number of phenolic OH excluding ortho intramolecular Hbond substituents is 1. The smallest absolute Gasteiger partial charge is 0.224 e. The average molecular weight is 326 g/mol. The molecule has 2 rings (SSSR count). The lowest BCUT2D eigenvalue weighted by molar-refractivity contribution is -0.120. The molecule has 0 heterocycles. The number of halogens is 1. The van der Waals surface area contributed by atoms with Crippen molar-refractivity contribution in [1.82, 2.24) is 5.32 Å². The Bertz CT molecular complexity index is 436. The first-order valence-electron chi connectivity index (χ1n) is 6.84. The van der Waals surface area contributed by atoms with Crippen LogP contribution in [0.15, 0.2) is 24.3 Å². The summed E-state index contributed by atoms with van der Waals surface area (Å²) in [7, 11) is 0. The van der Waals surface area contributed by atoms with Crippen molar-refractivity contribution >= 4 is 21.8 Å². The molecule has 0 spiro atoms. The van der Waals surface area contributed by atoms with Crippen molar-refractivity contribution < 1.29 is 9.90 Å². The predicted molar refractivity (Wildman–Crippen MR) is 79.5 cm³/mol. The summed E-state index contributed by atoms with van der Waals surface area (Å²) in [4.78, 5) is 12.4. The first-order chi connectivity index (χ1) is 9.15. The molecule has 0 bridgehead atoms. The summed E-state index contributed by atoms with van der Waals surface area (Å²) >= 11 is 3.70. The number of amides is 1. The molecule has 0 aliphatic heterocycles. The number of hydrogen-bond acceptors (Lipinski definition) is 2. The van der Waals surface area contributed by atoms with Gasteiger partial charge in [0, 0.05) is 11.4 Å². The highest BCUT2D eigenvalue weighted by molar-refractivity contribution is 9.09. The van der Waals surface area contributed by atoms with E-state index in [0.717, 1.165) is 12.1 Å². The molecule has 1 saturated carbocycles. The van der Waals surface area contributed by atoms with Crippen molar-refractivity contribution in [2.24, 2.45) is 5.92 Å². The van der Waals surface area contributed by atoms with Crippen LogP contribution >= 0.6 is 15.9 Å². The Balaban J connectivity index is 1.78. The fraction of sp³-hybridized carbons (Fsp3) is 0.533. The minimum atomic E-state index is 0.0240. The molecule has 0 aromatic heterocycles. The lowest BCUT2D eigenvalue weighted by Gasteiger charge is -2.27. The molecule has 1 aromatic carbocycles. The van der Waals surface area contributed by atoms with Crippen LogP contribution in [-0.2, 0) is 11.2 Å². The zero-order chi connectivity index (χ0) is 13.7. The third-order valence-corrected chi connectivity index (χ3v) is 4.86. The first-order valence-corrected chi connectivity index (χ1v) is 7.75. The largest absolute Gasteiger partial charge is 0.508 e. The van der Waals surface area contributed by atoms with Gasteiger partial charge in [0.05, 0.1) is 6.42 Å². The number of phenols is 1. The minimum Gasteiger partial charge on any atom is -0.508 e. The number of carbonyl (C=O) groups excluding carboxylic acids is 1. The molecule has 2 N–H and O–H groups in total. The van der Waals surface area contributed by atoms with Crippen molar-refractivity contribution in [3.05, 3.63) is 29.8 Å². The molecule has 4 heteroatoms. The molecule has 104 valence electrons. The monoisotopic (exact) mass is 325 g/mol. The molecule has 2 atom stereocenters. The second-order valence-corrected chi connectivity index (χ2v) is 6.39. The van der Waals surface area contributed by atoms with Gasteiger partial charge in [-0.05, 0) is 36.5 Å². The topological polar surface area (TPSA) is 49.3 Å². The number of nitrogens with one attached hydrogen (secondary N) is 1. The van der Waals surface area contributed by atoms with Gasteiger partial charge in [-0.3, -0.25) is 4.79 Å². The second-order valence-electron chi connectivity index (χ2n) is 5.21. The van der Waals surface area contributed by atoms with Crippen molar-refractivity contribution in [2.75, 3.05) is 6.54 Å². The first kappa shape index (κ1) is 14.4. The van der Waals surface area contributed by atoms with Crippen LogP contribution in [0.4, 0.5) is 0 Å². The maximum atomic E-state index is 11.9. The molecule has 3 nitrogen and oxygen atoms in total. The van der Waals surface area contributed by atoms with Crippen LogP contribution in [-0.4, -0.2) is 22.4 Å². The minimum absolute atomic E-state index is 0.0240. The Hall–Kier alpha value is -1.03. The highest BCUT2D eigenvalue weighted by atomic mass is 79.9. The summed E-state index contributed by atoms with van der Waals surface area (Å²) in [6, 6.07) is 6.85. The van der Waals surface area contributed by atoms with Crippen molar-refractivity contribution in [1.29, 1.82) is 0 Å². The van der Waals surface area contributed by atoms with Crippen LogP contribution < -0.4 is 5.32 Å². The molecule has 1 aromatic rings. The van der Waals surface area contributed by atoms with Gasteiger partial charge in [0.1, 0.15) is 5.75 Å². The summed E-state index contributed by atoms with van der Waals surface area (Å²) in [5, 5.41) is 12.4. The van der Waals surface area contributed by atoms with Gasteiger partial charge in [-0.15, -0.1) is 0 Å². The predicted octanol–water partition coefficient (Wildman–Crippen LogP) is 3.00. The van der Waals surface area contributed by atoms with Crippen LogP contribution in [0.2, 0.25) is 0 Å². The van der Waals surface area contributed by atoms with E-state index in [1.54, 1.807) is 18.2 Å². The molecule has 0 radical (unpaired) electrons. The maximum Gasteiger partial charge on any atom is 0.224 e. The highest BCUT2D eigenvalue weighted by Crippen LogP contribution is 2.29. The highest BCUT2D eigenvalue weighted by Gasteiger charge is 2.22. The van der Waals surface area contributed by atoms with Crippen molar-refractivity contribution in [2.45, 2.75) is 36.9 Å². The van der Waals surface area contributed by atoms with E-state index in [1.165, 1.54) is 25.7 Å². The zero-order valence-corrected chi connectivity index (χ0v) is 12.5. The summed E-state index contributed by atoms with van der Waals surface area (Å²) in [5.41, 5.74) is 0.844. The van der Waals surface area contributed by atoms with Crippen LogP contribution in [0.1, 0.15) is 31.2 Å². The summed E-state index contributed by atoms with van der Waals surface area (Å²) in [6.07, 6.45) is 5.25. The van der Waals surface area contributed by atoms with Crippen LogP contribution in [0.3, 0.4) is 0 Å². The third-order valence-electron chi connectivity index (χ3n) is 3.65. The van der Waals surface area contributed by atoms with Gasteiger partial charge >= 0.3 is 0 Å². The summed E-state index contributed by atoms with van der Waals surface area (Å²) < 4.78 is 0. The van der Waals surface area contributed by atoms with E-state index in [9.17, 15) is 9.90 Å². The van der Waals surface area contributed by atoms with Gasteiger partial charge in [0.25, 0.3) is 0 Å². The second kappa shape index (κ2) is 6.94. The van der Waals surface area contributed by atoms with Gasteiger partial charge in [-0.25, -0.2) is 0 Å². The fourth-order valence-electron chi connectivity index (χ4n) is 2.55. The third kappa shape index (κ3) is 4.53. The van der Waals surface area contributed by atoms with Crippen molar-refractivity contribution in [3.63, 3.8) is 0 Å². The van der Waals surface area contributed by atoms with E-state index in [4.69, 9.17) is 0 Å². The molecule has 2 unspecified atom stereocenters. The molecule has 0 saturated heterocycles. The molecule has 19 heavy (non-hydrogen) atoms. The Labute approximate surface area is 122 Å². The van der Waals surface area contributed by atoms with Crippen LogP contribution in [0.25, 0.3) is 0 Å². The van der Waals surface area contributed by atoms with E-state index >= 15 is 0 Å². The molecule has 1 amide bonds. The number of aromatic hydroxyl groups is 1. The van der Waals surface area contributed by atoms with Crippen LogP contribution in [0, 0.1) is 5.92 Å². The molecule has 1 fully saturated rings. The summed E-state index contributed by atoms with van der Waals surface area (Å²) in [6.45, 7) is 0.744. The maximum absolute atomic E-state index is 11.9. The number of carbonyl (C=O) groups is 1. The van der Waals surface area contributed by atoms with Gasteiger partial charge in [-0.1, -0.05) is 40.9 Å². The van der Waals surface area contributed by atoms with Crippen molar-refractivity contribution in [3.8, 4) is 5.75 Å². The van der Waals surface area contributed by atoms with E-state index < -0.39 is 0 Å². The van der Waals surface area contributed by atoms with Crippen LogP contribution in [0.5, 0.6) is 5.75 Å². The van der Waals surface area contributed by atoms with Gasteiger partial charge in [-0.2, -0.15) is 0 Å². The Morgan fingerprint density at radius 2 is 2.16 bits per heavy atom. The fourth-order valence-corrected chi connectivity index (χ4v) is 3.33. The average Bonchev–Trinajstić information content (AvgIpc) is 2.38. The normalized spacial score (nSPS) is 23.0. The lowest BCUT2D eigenvalue weighted by Crippen LogP contribution is -2.35. The summed E-state index contributed by atoms with van der Waals surface area (Å²) in [5.74, 6) is 0.774. The quantitative estimate of drug-likeness (QED) is 0.836. The number of benzene rings is 1. The number of rotatable bonds is 4. The Kier molecular flexibility index (Phi) is 5.25. The zero-order valence-electron chi connectivity index (χ0n) is 10.9. The van der Waals surface area contributed by atoms with E-state index in [2.05, 4.69) is 21.2 Å². The van der Waals surface area contributed by atoms with E-state index in [1.807, 2.05) is 6.07 Å². The standard InChI is InChI=1S/C15H20BrNO2/c16-14-7-2-1-5-12(14)10-17-15(19)9-11-4-3-6-13(18)8-11/h3-4,6,8,12,14,18H,1-2,5,7,9-10H2,(H,17,19). The van der Waals surface area contributed by atoms with Gasteiger partial charge in [0.2, 0.25) is 5.91 Å². The number of alkyl halides is 1. The van der Waals surface area contributed by atoms with Gasteiger partial charge in [0.15, 0.2) is 0 Å². The molecular weight excluding hydrogens is 306 g/mol. The molecular formula is C15H20BrNO2. The van der Waals surface area contributed by atoms with E-state index in [-0.39, 0.29) is 11.7 Å².